The topological polar surface area (TPSA) is 89.6 Å². The van der Waals surface area contributed by atoms with Gasteiger partial charge in [0, 0.05) is 6.54 Å². The molecule has 7 nitrogen and oxygen atoms in total. The summed E-state index contributed by atoms with van der Waals surface area (Å²) in [5.74, 6) is 1.14. The number of ether oxygens (including phenoxy) is 2. The zero-order valence-electron chi connectivity index (χ0n) is 12.6. The molecule has 2 rings (SSSR count). The Balaban J connectivity index is 1.96. The highest BCUT2D eigenvalue weighted by atomic mass is 16.5. The summed E-state index contributed by atoms with van der Waals surface area (Å²) >= 11 is 0. The van der Waals surface area contributed by atoms with Gasteiger partial charge in [-0.05, 0) is 18.6 Å². The molecule has 0 spiro atoms. The number of nitrogens with one attached hydrogen (secondary N) is 1. The number of nitrogens with zero attached hydrogens (tertiary/aromatic N) is 2. The van der Waals surface area contributed by atoms with Crippen LogP contribution in [0.4, 0.5) is 6.01 Å². The fourth-order valence-corrected chi connectivity index (χ4v) is 1.78. The van der Waals surface area contributed by atoms with Gasteiger partial charge in [-0.2, -0.15) is 0 Å². The minimum Gasteiger partial charge on any atom is -0.493 e. The Morgan fingerprint density at radius 2 is 2.05 bits per heavy atom. The molecule has 0 amide bonds. The van der Waals surface area contributed by atoms with Crippen molar-refractivity contribution in [2.24, 2.45) is 0 Å². The second-order valence-corrected chi connectivity index (χ2v) is 4.52. The minimum absolute atomic E-state index is 0.0131. The van der Waals surface area contributed by atoms with Crippen molar-refractivity contribution in [2.75, 3.05) is 38.3 Å². The molecule has 0 atom stereocenters. The molecule has 0 aliphatic carbocycles. The van der Waals surface area contributed by atoms with Crippen LogP contribution in [0, 0.1) is 0 Å². The normalized spacial score (nSPS) is 10.6. The third-order valence-corrected chi connectivity index (χ3v) is 2.76. The molecule has 0 radical (unpaired) electrons. The number of aromatic nitrogens is 2. The molecule has 1 aromatic carbocycles. The summed E-state index contributed by atoms with van der Waals surface area (Å²) in [6.07, 6.45) is 0.929. The van der Waals surface area contributed by atoms with Gasteiger partial charge in [0.05, 0.1) is 32.0 Å². The molecule has 0 unspecified atom stereocenters. The molecule has 7 heteroatoms. The van der Waals surface area contributed by atoms with Crippen LogP contribution in [0.5, 0.6) is 5.75 Å². The summed E-state index contributed by atoms with van der Waals surface area (Å²) in [5.41, 5.74) is 0.771. The van der Waals surface area contributed by atoms with E-state index >= 15 is 0 Å². The van der Waals surface area contributed by atoms with E-state index in [-0.39, 0.29) is 6.61 Å². The quantitative estimate of drug-likeness (QED) is 0.648. The first-order chi connectivity index (χ1) is 10.8. The number of aliphatic hydroxyl groups is 1. The summed E-state index contributed by atoms with van der Waals surface area (Å²) in [6.45, 7) is 4.00. The number of para-hydroxylation sites is 1. The second-order valence-electron chi connectivity index (χ2n) is 4.52. The van der Waals surface area contributed by atoms with Crippen molar-refractivity contribution in [1.29, 1.82) is 0 Å². The largest absolute Gasteiger partial charge is 0.493 e. The highest BCUT2D eigenvalue weighted by Gasteiger charge is 2.13. The number of benzene rings is 1. The van der Waals surface area contributed by atoms with Gasteiger partial charge in [-0.1, -0.05) is 24.2 Å². The van der Waals surface area contributed by atoms with Gasteiger partial charge >= 0.3 is 6.01 Å². The fraction of sp³-hybridized carbons (Fsp3) is 0.467. The van der Waals surface area contributed by atoms with Gasteiger partial charge < -0.3 is 24.3 Å². The van der Waals surface area contributed by atoms with Crippen LogP contribution in [0.1, 0.15) is 13.3 Å². The molecule has 1 heterocycles. The third kappa shape index (κ3) is 4.71. The molecule has 0 aliphatic heterocycles. The first-order valence-electron chi connectivity index (χ1n) is 7.33. The molecule has 1 aromatic heterocycles. The van der Waals surface area contributed by atoms with Gasteiger partial charge in [0.1, 0.15) is 5.75 Å². The summed E-state index contributed by atoms with van der Waals surface area (Å²) in [7, 11) is 0. The van der Waals surface area contributed by atoms with Gasteiger partial charge in [-0.3, -0.25) is 0 Å². The summed E-state index contributed by atoms with van der Waals surface area (Å²) in [5, 5.41) is 19.5. The molecule has 2 N–H and O–H groups in total. The van der Waals surface area contributed by atoms with Crippen molar-refractivity contribution in [1.82, 2.24) is 10.2 Å². The predicted molar refractivity (Wildman–Crippen MR) is 81.9 cm³/mol. The maximum absolute atomic E-state index is 8.60. The average molecular weight is 307 g/mol. The smallest absolute Gasteiger partial charge is 0.315 e. The Labute approximate surface area is 129 Å². The number of rotatable bonds is 10. The molecule has 0 aliphatic rings. The Morgan fingerprint density at radius 1 is 1.18 bits per heavy atom. The summed E-state index contributed by atoms with van der Waals surface area (Å²) in [6, 6.07) is 7.89. The second kappa shape index (κ2) is 9.01. The van der Waals surface area contributed by atoms with Crippen LogP contribution in [0.15, 0.2) is 28.7 Å². The molecule has 120 valence electrons. The lowest BCUT2D eigenvalue weighted by Crippen LogP contribution is -2.11. The van der Waals surface area contributed by atoms with Crippen LogP contribution in [0.2, 0.25) is 0 Å². The van der Waals surface area contributed by atoms with Crippen molar-refractivity contribution in [2.45, 2.75) is 13.3 Å². The van der Waals surface area contributed by atoms with Crippen LogP contribution in [0.25, 0.3) is 11.5 Å². The number of hydrogen-bond donors (Lipinski definition) is 2. The lowest BCUT2D eigenvalue weighted by Gasteiger charge is -2.07. The van der Waals surface area contributed by atoms with E-state index in [1.165, 1.54) is 0 Å². The molecular weight excluding hydrogens is 286 g/mol. The lowest BCUT2D eigenvalue weighted by atomic mass is 10.2. The van der Waals surface area contributed by atoms with Crippen LogP contribution < -0.4 is 10.1 Å². The molecule has 2 aromatic rings. The molecule has 0 fully saturated rings. The first-order valence-corrected chi connectivity index (χ1v) is 7.33. The minimum atomic E-state index is 0.0131. The van der Waals surface area contributed by atoms with Gasteiger partial charge in [-0.15, -0.1) is 5.10 Å². The van der Waals surface area contributed by atoms with Crippen molar-refractivity contribution >= 4 is 6.01 Å². The monoisotopic (exact) mass is 307 g/mol. The number of hydrogen-bond acceptors (Lipinski definition) is 7. The molecular formula is C15H21N3O4. The highest BCUT2D eigenvalue weighted by Crippen LogP contribution is 2.29. The van der Waals surface area contributed by atoms with Crippen LogP contribution >= 0.6 is 0 Å². The third-order valence-electron chi connectivity index (χ3n) is 2.76. The number of anilines is 1. The van der Waals surface area contributed by atoms with Gasteiger partial charge in [0.15, 0.2) is 0 Å². The van der Waals surface area contributed by atoms with Crippen LogP contribution in [-0.4, -0.2) is 48.3 Å². The van der Waals surface area contributed by atoms with Gasteiger partial charge in [-0.25, -0.2) is 0 Å². The van der Waals surface area contributed by atoms with Crippen LogP contribution in [0.3, 0.4) is 0 Å². The van der Waals surface area contributed by atoms with Crippen molar-refractivity contribution in [3.05, 3.63) is 24.3 Å². The lowest BCUT2D eigenvalue weighted by molar-refractivity contribution is 0.0990. The van der Waals surface area contributed by atoms with Crippen LogP contribution in [-0.2, 0) is 4.74 Å². The van der Waals surface area contributed by atoms with Gasteiger partial charge in [0.2, 0.25) is 0 Å². The number of aliphatic hydroxyl groups excluding tert-OH is 1. The maximum Gasteiger partial charge on any atom is 0.315 e. The Bertz CT molecular complexity index is 559. The zero-order chi connectivity index (χ0) is 15.6. The maximum atomic E-state index is 8.60. The summed E-state index contributed by atoms with van der Waals surface area (Å²) < 4.78 is 16.4. The Morgan fingerprint density at radius 3 is 2.86 bits per heavy atom. The fourth-order valence-electron chi connectivity index (χ4n) is 1.78. The first kappa shape index (κ1) is 16.3. The van der Waals surface area contributed by atoms with E-state index in [1.807, 2.05) is 24.3 Å². The molecule has 0 saturated carbocycles. The molecule has 22 heavy (non-hydrogen) atoms. The van der Waals surface area contributed by atoms with Crippen molar-refractivity contribution in [3.63, 3.8) is 0 Å². The zero-order valence-corrected chi connectivity index (χ0v) is 12.6. The molecule has 0 bridgehead atoms. The van der Waals surface area contributed by atoms with E-state index in [9.17, 15) is 0 Å². The average Bonchev–Trinajstić information content (AvgIpc) is 3.02. The van der Waals surface area contributed by atoms with E-state index in [2.05, 4.69) is 22.4 Å². The molecule has 0 saturated heterocycles. The highest BCUT2D eigenvalue weighted by molar-refractivity contribution is 5.62. The standard InChI is InChI=1S/C15H21N3O4/c1-2-9-21-13-6-4-3-5-12(13)14-17-18-15(22-14)16-7-10-20-11-8-19/h3-6,19H,2,7-11H2,1H3,(H,16,18). The predicted octanol–water partition coefficient (Wildman–Crippen LogP) is 1.95. The van der Waals surface area contributed by atoms with E-state index in [4.69, 9.17) is 19.0 Å². The SMILES string of the molecule is CCCOc1ccccc1-c1nnc(NCCOCCO)o1. The summed E-state index contributed by atoms with van der Waals surface area (Å²) in [4.78, 5) is 0. The van der Waals surface area contributed by atoms with E-state index in [0.29, 0.717) is 38.3 Å². The van der Waals surface area contributed by atoms with E-state index in [0.717, 1.165) is 17.7 Å². The van der Waals surface area contributed by atoms with Gasteiger partial charge in [0.25, 0.3) is 5.89 Å². The van der Waals surface area contributed by atoms with Crippen molar-refractivity contribution in [3.8, 4) is 17.2 Å². The van der Waals surface area contributed by atoms with E-state index in [1.54, 1.807) is 0 Å². The Hall–Kier alpha value is -2.12. The Kier molecular flexibility index (Phi) is 6.66. The van der Waals surface area contributed by atoms with E-state index < -0.39 is 0 Å². The van der Waals surface area contributed by atoms with Crippen molar-refractivity contribution < 1.29 is 19.0 Å².